The van der Waals surface area contributed by atoms with E-state index in [0.29, 0.717) is 0 Å². The van der Waals surface area contributed by atoms with Crippen LogP contribution in [0.4, 0.5) is 17.1 Å². The van der Waals surface area contributed by atoms with Crippen molar-refractivity contribution in [2.45, 2.75) is 37.5 Å². The molecule has 0 radical (unpaired) electrons. The first-order chi connectivity index (χ1) is 28.7. The Kier molecular flexibility index (Phi) is 6.94. The predicted octanol–water partition coefficient (Wildman–Crippen LogP) is 15.3. The first kappa shape index (κ1) is 32.7. The van der Waals surface area contributed by atoms with Crippen molar-refractivity contribution in [3.05, 3.63) is 187 Å². The lowest BCUT2D eigenvalue weighted by molar-refractivity contribution is -0.0399. The number of nitrogens with zero attached hydrogens (tertiary/aromatic N) is 1. The summed E-state index contributed by atoms with van der Waals surface area (Å²) in [7, 11) is 0. The van der Waals surface area contributed by atoms with Crippen LogP contribution in [0.2, 0.25) is 0 Å². The molecule has 8 aromatic carbocycles. The fraction of sp³-hybridized carbons (Fsp3) is 0.179. The predicted molar refractivity (Wildman–Crippen MR) is 240 cm³/mol. The lowest BCUT2D eigenvalue weighted by atomic mass is 9.43. The van der Waals surface area contributed by atoms with Crippen LogP contribution in [0.5, 0.6) is 0 Å². The zero-order valence-corrected chi connectivity index (χ0v) is 32.4. The number of anilines is 3. The summed E-state index contributed by atoms with van der Waals surface area (Å²) in [5.41, 5.74) is 16.4. The van der Waals surface area contributed by atoms with Crippen LogP contribution < -0.4 is 4.90 Å². The van der Waals surface area contributed by atoms with Crippen LogP contribution in [0.15, 0.2) is 180 Å². The second kappa shape index (κ2) is 12.3. The molecule has 2 nitrogen and oxygen atoms in total. The average molecular weight is 746 g/mol. The molecule has 0 unspecified atom stereocenters. The van der Waals surface area contributed by atoms with Crippen molar-refractivity contribution in [3.8, 4) is 33.4 Å². The van der Waals surface area contributed by atoms with Gasteiger partial charge in [0.15, 0.2) is 0 Å². The highest BCUT2D eigenvalue weighted by Gasteiger charge is 2.61. The molecule has 0 atom stereocenters. The zero-order valence-electron chi connectivity index (χ0n) is 32.4. The SMILES string of the molecule is c1ccc(-c2cccc3oc4ccccc4c23)c(-c2ccc(N(c3ccc4c(c3)-c3ccccc3C43[C@H]4CC5C[C@H](C4)C[C@@H]3C5)c3cccc4ccccc34)cc2)c1. The molecule has 9 aromatic rings. The molecular formula is C56H43NO. The number of para-hydroxylation sites is 1. The van der Waals surface area contributed by atoms with E-state index in [0.717, 1.165) is 51.3 Å². The van der Waals surface area contributed by atoms with E-state index in [-0.39, 0.29) is 5.41 Å². The summed E-state index contributed by atoms with van der Waals surface area (Å²) in [5.74, 6) is 3.36. The molecule has 5 aliphatic carbocycles. The summed E-state index contributed by atoms with van der Waals surface area (Å²) in [5, 5.41) is 4.81. The lowest BCUT2D eigenvalue weighted by Crippen LogP contribution is -2.55. The molecule has 1 heterocycles. The molecule has 1 spiro atoms. The molecule has 58 heavy (non-hydrogen) atoms. The normalized spacial score (nSPS) is 22.6. The van der Waals surface area contributed by atoms with E-state index in [1.54, 1.807) is 11.1 Å². The summed E-state index contributed by atoms with van der Waals surface area (Å²) in [6.07, 6.45) is 7.06. The largest absolute Gasteiger partial charge is 0.456 e. The molecule has 4 saturated carbocycles. The van der Waals surface area contributed by atoms with Gasteiger partial charge in [0, 0.05) is 32.9 Å². The van der Waals surface area contributed by atoms with Crippen LogP contribution >= 0.6 is 0 Å². The molecule has 0 aliphatic heterocycles. The van der Waals surface area contributed by atoms with Gasteiger partial charge >= 0.3 is 0 Å². The lowest BCUT2D eigenvalue weighted by Gasteiger charge is -2.61. The molecule has 1 aromatic heterocycles. The molecule has 278 valence electrons. The van der Waals surface area contributed by atoms with Crippen LogP contribution in [0.25, 0.3) is 66.1 Å². The number of hydrogen-bond acceptors (Lipinski definition) is 2. The minimum absolute atomic E-state index is 0.157. The molecule has 0 saturated heterocycles. The highest BCUT2D eigenvalue weighted by molar-refractivity contribution is 6.13. The second-order valence-corrected chi connectivity index (χ2v) is 17.7. The van der Waals surface area contributed by atoms with Crippen molar-refractivity contribution in [3.63, 3.8) is 0 Å². The van der Waals surface area contributed by atoms with Gasteiger partial charge in [0.25, 0.3) is 0 Å². The Morgan fingerprint density at radius 1 is 0.431 bits per heavy atom. The zero-order chi connectivity index (χ0) is 38.0. The third kappa shape index (κ3) is 4.55. The van der Waals surface area contributed by atoms with E-state index in [2.05, 4.69) is 175 Å². The smallest absolute Gasteiger partial charge is 0.136 e. The Morgan fingerprint density at radius 2 is 1.03 bits per heavy atom. The van der Waals surface area contributed by atoms with E-state index in [9.17, 15) is 0 Å². The van der Waals surface area contributed by atoms with Crippen LogP contribution in [-0.4, -0.2) is 0 Å². The first-order valence-corrected chi connectivity index (χ1v) is 21.3. The van der Waals surface area contributed by atoms with Crippen molar-refractivity contribution in [1.82, 2.24) is 0 Å². The minimum Gasteiger partial charge on any atom is -0.456 e. The maximum absolute atomic E-state index is 6.32. The van der Waals surface area contributed by atoms with Crippen LogP contribution in [0.1, 0.15) is 43.2 Å². The third-order valence-corrected chi connectivity index (χ3v) is 14.9. The topological polar surface area (TPSA) is 16.4 Å². The molecule has 2 heteroatoms. The minimum atomic E-state index is 0.157. The second-order valence-electron chi connectivity index (χ2n) is 17.7. The third-order valence-electron chi connectivity index (χ3n) is 14.9. The Hall–Kier alpha value is -6.38. The van der Waals surface area contributed by atoms with Gasteiger partial charge in [-0.1, -0.05) is 133 Å². The van der Waals surface area contributed by atoms with Gasteiger partial charge in [-0.25, -0.2) is 0 Å². The molecule has 0 amide bonds. The highest BCUT2D eigenvalue weighted by Crippen LogP contribution is 2.69. The van der Waals surface area contributed by atoms with Gasteiger partial charge in [-0.15, -0.1) is 0 Å². The van der Waals surface area contributed by atoms with Crippen molar-refractivity contribution >= 4 is 49.8 Å². The average Bonchev–Trinajstić information content (AvgIpc) is 3.80. The first-order valence-electron chi connectivity index (χ1n) is 21.3. The number of benzene rings is 8. The van der Waals surface area contributed by atoms with Crippen molar-refractivity contribution in [2.24, 2.45) is 23.7 Å². The maximum atomic E-state index is 6.32. The number of rotatable bonds is 5. The van der Waals surface area contributed by atoms with Gasteiger partial charge in [0.05, 0.1) is 5.69 Å². The maximum Gasteiger partial charge on any atom is 0.136 e. The Morgan fingerprint density at radius 3 is 1.86 bits per heavy atom. The highest BCUT2D eigenvalue weighted by atomic mass is 16.3. The molecule has 5 aliphatic rings. The van der Waals surface area contributed by atoms with Crippen molar-refractivity contribution in [1.29, 1.82) is 0 Å². The van der Waals surface area contributed by atoms with Gasteiger partial charge in [0.1, 0.15) is 11.2 Å². The van der Waals surface area contributed by atoms with Gasteiger partial charge in [0.2, 0.25) is 0 Å². The summed E-state index contributed by atoms with van der Waals surface area (Å²) in [4.78, 5) is 2.50. The fourth-order valence-electron chi connectivity index (χ4n) is 12.9. The Labute approximate surface area is 339 Å². The van der Waals surface area contributed by atoms with Crippen LogP contribution in [0, 0.1) is 23.7 Å². The summed E-state index contributed by atoms with van der Waals surface area (Å²) >= 11 is 0. The van der Waals surface area contributed by atoms with E-state index in [1.807, 2.05) is 6.07 Å². The number of furan rings is 1. The van der Waals surface area contributed by atoms with Gasteiger partial charge < -0.3 is 9.32 Å². The van der Waals surface area contributed by atoms with E-state index < -0.39 is 0 Å². The van der Waals surface area contributed by atoms with Crippen molar-refractivity contribution in [2.75, 3.05) is 4.90 Å². The molecular weight excluding hydrogens is 703 g/mol. The standard InChI is InChI=1S/C56H43NO/c1-2-14-44-37(11-1)12-9-20-52(44)57(42-27-28-51-49(34-42)46-16-5-7-19-50(46)56(51)39-30-35-29-36(32-39)33-40(56)31-35)41-25-23-38(24-26-41)43-13-3-4-15-45(43)47-18-10-22-54-55(47)48-17-6-8-21-53(48)58-54/h1-28,34-36,39-40H,29-33H2/t35-,36?,39-,40-,56?/m1/s1. The Balaban J connectivity index is 0.964. The fourth-order valence-corrected chi connectivity index (χ4v) is 12.9. The van der Waals surface area contributed by atoms with E-state index in [4.69, 9.17) is 4.42 Å². The number of fused-ring (bicyclic) bond motifs is 7. The summed E-state index contributed by atoms with van der Waals surface area (Å²) in [6.45, 7) is 0. The summed E-state index contributed by atoms with van der Waals surface area (Å²) in [6, 6.07) is 65.4. The summed E-state index contributed by atoms with van der Waals surface area (Å²) < 4.78 is 6.32. The van der Waals surface area contributed by atoms with Gasteiger partial charge in [-0.05, 0) is 148 Å². The van der Waals surface area contributed by atoms with Crippen LogP contribution in [0.3, 0.4) is 0 Å². The van der Waals surface area contributed by atoms with E-state index in [1.165, 1.54) is 87.6 Å². The van der Waals surface area contributed by atoms with Crippen molar-refractivity contribution < 1.29 is 4.42 Å². The molecule has 14 rings (SSSR count). The quantitative estimate of drug-likeness (QED) is 0.174. The van der Waals surface area contributed by atoms with Crippen LogP contribution in [-0.2, 0) is 5.41 Å². The number of hydrogen-bond donors (Lipinski definition) is 0. The molecule has 4 bridgehead atoms. The molecule has 4 fully saturated rings. The van der Waals surface area contributed by atoms with Gasteiger partial charge in [-0.2, -0.15) is 0 Å². The van der Waals surface area contributed by atoms with E-state index >= 15 is 0 Å². The monoisotopic (exact) mass is 745 g/mol. The Bertz CT molecular complexity index is 3060. The molecule has 0 N–H and O–H groups in total. The van der Waals surface area contributed by atoms with Gasteiger partial charge in [-0.3, -0.25) is 0 Å².